The van der Waals surface area contributed by atoms with Gasteiger partial charge in [0.15, 0.2) is 11.8 Å². The molecular formula is C10H14N2O4. The van der Waals surface area contributed by atoms with Crippen LogP contribution in [0.3, 0.4) is 0 Å². The number of hydrogen-bond donors (Lipinski definition) is 1. The molecule has 0 bridgehead atoms. The minimum Gasteiger partial charge on any atom is -0.479 e. The van der Waals surface area contributed by atoms with Gasteiger partial charge < -0.3 is 14.0 Å². The maximum absolute atomic E-state index is 11.6. The van der Waals surface area contributed by atoms with Gasteiger partial charge in [0, 0.05) is 0 Å². The first-order chi connectivity index (χ1) is 7.77. The summed E-state index contributed by atoms with van der Waals surface area (Å²) in [6.07, 6.45) is 1.68. The van der Waals surface area contributed by atoms with E-state index < -0.39 is 6.04 Å². The van der Waals surface area contributed by atoms with Gasteiger partial charge in [0.05, 0.1) is 19.8 Å². The Kier molecular flexibility index (Phi) is 3.09. The van der Waals surface area contributed by atoms with Crippen LogP contribution < -0.4 is 10.1 Å². The van der Waals surface area contributed by atoms with E-state index >= 15 is 0 Å². The Morgan fingerprint density at radius 1 is 1.56 bits per heavy atom. The van der Waals surface area contributed by atoms with Gasteiger partial charge in [-0.2, -0.15) is 0 Å². The number of rotatable bonds is 2. The SMILES string of the molecule is COC(=O)C1NCCCc2c(OC)noc21. The highest BCUT2D eigenvalue weighted by Crippen LogP contribution is 2.30. The highest BCUT2D eigenvalue weighted by atomic mass is 16.5. The molecule has 1 aliphatic rings. The molecule has 0 spiro atoms. The van der Waals surface area contributed by atoms with Gasteiger partial charge in [0.1, 0.15) is 0 Å². The van der Waals surface area contributed by atoms with Crippen molar-refractivity contribution in [1.29, 1.82) is 0 Å². The number of carbonyl (C=O) groups is 1. The molecule has 16 heavy (non-hydrogen) atoms. The summed E-state index contributed by atoms with van der Waals surface area (Å²) in [5.74, 6) is 0.579. The lowest BCUT2D eigenvalue weighted by Crippen LogP contribution is -2.29. The molecule has 2 rings (SSSR count). The van der Waals surface area contributed by atoms with Crippen LogP contribution >= 0.6 is 0 Å². The summed E-state index contributed by atoms with van der Waals surface area (Å²) < 4.78 is 15.0. The van der Waals surface area contributed by atoms with Gasteiger partial charge in [0.2, 0.25) is 0 Å². The van der Waals surface area contributed by atoms with Gasteiger partial charge in [-0.05, 0) is 24.5 Å². The van der Waals surface area contributed by atoms with Crippen molar-refractivity contribution in [3.63, 3.8) is 0 Å². The summed E-state index contributed by atoms with van der Waals surface area (Å²) in [7, 11) is 2.88. The van der Waals surface area contributed by atoms with Gasteiger partial charge in [-0.15, -0.1) is 0 Å². The van der Waals surface area contributed by atoms with Crippen LogP contribution in [0.5, 0.6) is 5.88 Å². The molecule has 0 aliphatic carbocycles. The Labute approximate surface area is 92.9 Å². The van der Waals surface area contributed by atoms with Crippen LogP contribution in [0.4, 0.5) is 0 Å². The predicted octanol–water partition coefficient (Wildman–Crippen LogP) is 0.433. The van der Waals surface area contributed by atoms with Gasteiger partial charge in [-0.1, -0.05) is 0 Å². The van der Waals surface area contributed by atoms with E-state index in [1.54, 1.807) is 0 Å². The van der Waals surface area contributed by atoms with Gasteiger partial charge in [0.25, 0.3) is 5.88 Å². The summed E-state index contributed by atoms with van der Waals surface area (Å²) in [5.41, 5.74) is 0.850. The topological polar surface area (TPSA) is 73.6 Å². The minimum absolute atomic E-state index is 0.373. The van der Waals surface area contributed by atoms with E-state index in [4.69, 9.17) is 14.0 Å². The molecule has 0 saturated heterocycles. The van der Waals surface area contributed by atoms with E-state index in [0.29, 0.717) is 11.6 Å². The molecule has 1 N–H and O–H groups in total. The van der Waals surface area contributed by atoms with Gasteiger partial charge >= 0.3 is 5.97 Å². The number of methoxy groups -OCH3 is 2. The summed E-state index contributed by atoms with van der Waals surface area (Å²) in [4.78, 5) is 11.6. The molecule has 0 fully saturated rings. The quantitative estimate of drug-likeness (QED) is 0.737. The summed E-state index contributed by atoms with van der Waals surface area (Å²) >= 11 is 0. The number of nitrogens with zero attached hydrogens (tertiary/aromatic N) is 1. The smallest absolute Gasteiger partial charge is 0.330 e. The van der Waals surface area contributed by atoms with E-state index in [1.807, 2.05) is 0 Å². The third-order valence-corrected chi connectivity index (χ3v) is 2.63. The van der Waals surface area contributed by atoms with Crippen molar-refractivity contribution in [3.8, 4) is 5.88 Å². The number of aromatic nitrogens is 1. The average molecular weight is 226 g/mol. The highest BCUT2D eigenvalue weighted by Gasteiger charge is 2.32. The van der Waals surface area contributed by atoms with E-state index in [9.17, 15) is 4.79 Å². The van der Waals surface area contributed by atoms with Crippen LogP contribution in [0.2, 0.25) is 0 Å². The van der Waals surface area contributed by atoms with Crippen molar-refractivity contribution in [1.82, 2.24) is 10.5 Å². The predicted molar refractivity (Wildman–Crippen MR) is 54.1 cm³/mol. The molecule has 2 heterocycles. The van der Waals surface area contributed by atoms with Crippen molar-refractivity contribution in [2.75, 3.05) is 20.8 Å². The molecule has 6 heteroatoms. The van der Waals surface area contributed by atoms with Crippen molar-refractivity contribution >= 4 is 5.97 Å². The number of hydrogen-bond acceptors (Lipinski definition) is 6. The molecule has 1 atom stereocenters. The van der Waals surface area contributed by atoms with Gasteiger partial charge in [-0.25, -0.2) is 4.79 Å². The zero-order valence-corrected chi connectivity index (χ0v) is 9.28. The Bertz CT molecular complexity index is 388. The van der Waals surface area contributed by atoms with E-state index in [0.717, 1.165) is 24.9 Å². The van der Waals surface area contributed by atoms with Crippen molar-refractivity contribution in [3.05, 3.63) is 11.3 Å². The van der Waals surface area contributed by atoms with Crippen LogP contribution in [0.25, 0.3) is 0 Å². The lowest BCUT2D eigenvalue weighted by molar-refractivity contribution is -0.143. The number of fused-ring (bicyclic) bond motifs is 1. The molecule has 0 saturated carbocycles. The zero-order chi connectivity index (χ0) is 11.5. The van der Waals surface area contributed by atoms with Crippen LogP contribution in [0.1, 0.15) is 23.8 Å². The third kappa shape index (κ3) is 1.76. The molecule has 1 aromatic heterocycles. The lowest BCUT2D eigenvalue weighted by Gasteiger charge is -2.10. The molecule has 0 amide bonds. The largest absolute Gasteiger partial charge is 0.479 e. The molecule has 6 nitrogen and oxygen atoms in total. The van der Waals surface area contributed by atoms with Crippen LogP contribution in [0, 0.1) is 0 Å². The third-order valence-electron chi connectivity index (χ3n) is 2.63. The Balaban J connectivity index is 2.37. The molecule has 1 unspecified atom stereocenters. The first-order valence-electron chi connectivity index (χ1n) is 5.11. The first kappa shape index (κ1) is 10.9. The average Bonchev–Trinajstić information content (AvgIpc) is 2.60. The molecular weight excluding hydrogens is 212 g/mol. The molecule has 0 aromatic carbocycles. The molecule has 1 aliphatic heterocycles. The van der Waals surface area contributed by atoms with Crippen molar-refractivity contribution < 1.29 is 18.8 Å². The van der Waals surface area contributed by atoms with Crippen LogP contribution in [-0.2, 0) is 16.0 Å². The normalized spacial score (nSPS) is 19.8. The summed E-state index contributed by atoms with van der Waals surface area (Å²) in [5, 5.41) is 6.84. The highest BCUT2D eigenvalue weighted by molar-refractivity contribution is 5.77. The van der Waals surface area contributed by atoms with E-state index in [-0.39, 0.29) is 5.97 Å². The van der Waals surface area contributed by atoms with Gasteiger partial charge in [-0.3, -0.25) is 5.32 Å². The Morgan fingerprint density at radius 2 is 2.38 bits per heavy atom. The van der Waals surface area contributed by atoms with Crippen molar-refractivity contribution in [2.24, 2.45) is 0 Å². The maximum atomic E-state index is 11.6. The fourth-order valence-electron chi connectivity index (χ4n) is 1.84. The van der Waals surface area contributed by atoms with Crippen LogP contribution in [-0.4, -0.2) is 31.9 Å². The second-order valence-corrected chi connectivity index (χ2v) is 3.55. The van der Waals surface area contributed by atoms with E-state index in [1.165, 1.54) is 14.2 Å². The number of esters is 1. The molecule has 88 valence electrons. The molecule has 1 aromatic rings. The monoisotopic (exact) mass is 226 g/mol. The van der Waals surface area contributed by atoms with E-state index in [2.05, 4.69) is 10.5 Å². The van der Waals surface area contributed by atoms with Crippen molar-refractivity contribution in [2.45, 2.75) is 18.9 Å². The number of carbonyl (C=O) groups excluding carboxylic acids is 1. The summed E-state index contributed by atoms with van der Waals surface area (Å²) in [6, 6.07) is -0.584. The number of nitrogens with one attached hydrogen (secondary N) is 1. The Hall–Kier alpha value is -1.56. The zero-order valence-electron chi connectivity index (χ0n) is 9.28. The fraction of sp³-hybridized carbons (Fsp3) is 0.600. The first-order valence-corrected chi connectivity index (χ1v) is 5.11. The number of ether oxygens (including phenoxy) is 2. The summed E-state index contributed by atoms with van der Waals surface area (Å²) in [6.45, 7) is 0.729. The second kappa shape index (κ2) is 4.52. The minimum atomic E-state index is -0.584. The maximum Gasteiger partial charge on any atom is 0.330 e. The fourth-order valence-corrected chi connectivity index (χ4v) is 1.84. The Morgan fingerprint density at radius 3 is 3.06 bits per heavy atom. The van der Waals surface area contributed by atoms with Crippen LogP contribution in [0.15, 0.2) is 4.52 Å². The molecule has 0 radical (unpaired) electrons. The standard InChI is InChI=1S/C10H14N2O4/c1-14-9-6-4-3-5-11-7(10(13)15-2)8(6)16-12-9/h7,11H,3-5H2,1-2H3. The lowest BCUT2D eigenvalue weighted by atomic mass is 10.1. The second-order valence-electron chi connectivity index (χ2n) is 3.55.